The van der Waals surface area contributed by atoms with Crippen molar-refractivity contribution in [3.8, 4) is 0 Å². The van der Waals surface area contributed by atoms with Gasteiger partial charge in [-0.1, -0.05) is 36.4 Å². The van der Waals surface area contributed by atoms with Crippen LogP contribution in [0.25, 0.3) is 0 Å². The Morgan fingerprint density at radius 1 is 1.00 bits per heavy atom. The first kappa shape index (κ1) is 18.4. The van der Waals surface area contributed by atoms with Crippen molar-refractivity contribution in [1.29, 1.82) is 0 Å². The molecule has 2 aromatic rings. The van der Waals surface area contributed by atoms with Crippen LogP contribution in [0.5, 0.6) is 0 Å². The lowest BCUT2D eigenvalue weighted by Gasteiger charge is -2.15. The second-order valence-corrected chi connectivity index (χ2v) is 5.48. The molecule has 7 heteroatoms. The lowest BCUT2D eigenvalue weighted by Crippen LogP contribution is -2.42. The number of urea groups is 1. The van der Waals surface area contributed by atoms with Gasteiger partial charge in [-0.25, -0.2) is 13.6 Å². The van der Waals surface area contributed by atoms with E-state index in [1.54, 1.807) is 6.92 Å². The number of hydrogen-bond acceptors (Lipinski definition) is 2. The molecular formula is C18H19F2N3O2. The maximum Gasteiger partial charge on any atom is 0.315 e. The van der Waals surface area contributed by atoms with Crippen LogP contribution in [-0.2, 0) is 11.3 Å². The molecule has 0 spiro atoms. The largest absolute Gasteiger partial charge is 0.348 e. The van der Waals surface area contributed by atoms with E-state index in [0.29, 0.717) is 12.1 Å². The highest BCUT2D eigenvalue weighted by molar-refractivity contribution is 5.84. The molecule has 0 aliphatic rings. The van der Waals surface area contributed by atoms with Crippen molar-refractivity contribution < 1.29 is 18.4 Å². The number of hydrogen-bond donors (Lipinski definition) is 3. The monoisotopic (exact) mass is 347 g/mol. The average molecular weight is 347 g/mol. The first-order chi connectivity index (χ1) is 12.0. The Bertz CT molecular complexity index is 738. The summed E-state index contributed by atoms with van der Waals surface area (Å²) in [5.41, 5.74) is 1.37. The van der Waals surface area contributed by atoms with Crippen molar-refractivity contribution in [2.45, 2.75) is 19.5 Å². The molecule has 0 radical (unpaired) electrons. The summed E-state index contributed by atoms with van der Waals surface area (Å²) in [6.07, 6.45) is 0. The molecule has 0 unspecified atom stereocenters. The molecule has 25 heavy (non-hydrogen) atoms. The van der Waals surface area contributed by atoms with E-state index >= 15 is 0 Å². The summed E-state index contributed by atoms with van der Waals surface area (Å²) in [5, 5.41) is 7.67. The van der Waals surface area contributed by atoms with E-state index < -0.39 is 29.6 Å². The van der Waals surface area contributed by atoms with Crippen molar-refractivity contribution in [3.05, 3.63) is 71.3 Å². The van der Waals surface area contributed by atoms with Gasteiger partial charge in [0, 0.05) is 6.54 Å². The Morgan fingerprint density at radius 2 is 1.72 bits per heavy atom. The number of rotatable bonds is 6. The van der Waals surface area contributed by atoms with Crippen LogP contribution in [0.4, 0.5) is 13.6 Å². The fraction of sp³-hybridized carbons (Fsp3) is 0.222. The molecule has 0 aliphatic carbocycles. The van der Waals surface area contributed by atoms with Crippen molar-refractivity contribution >= 4 is 11.9 Å². The molecule has 0 fully saturated rings. The lowest BCUT2D eigenvalue weighted by molar-refractivity contribution is -0.120. The van der Waals surface area contributed by atoms with Gasteiger partial charge in [-0.05, 0) is 30.2 Å². The normalized spacial score (nSPS) is 11.5. The zero-order valence-electron chi connectivity index (χ0n) is 13.7. The number of carbonyl (C=O) groups excluding carboxylic acids is 2. The third kappa shape index (κ3) is 5.87. The number of amides is 3. The molecule has 0 heterocycles. The van der Waals surface area contributed by atoms with E-state index in [4.69, 9.17) is 0 Å². The van der Waals surface area contributed by atoms with Crippen LogP contribution < -0.4 is 16.0 Å². The molecule has 1 atom stereocenters. The van der Waals surface area contributed by atoms with Crippen LogP contribution in [0.2, 0.25) is 0 Å². The van der Waals surface area contributed by atoms with Crippen molar-refractivity contribution in [1.82, 2.24) is 16.0 Å². The molecule has 5 nitrogen and oxygen atoms in total. The number of carbonyl (C=O) groups is 2. The Morgan fingerprint density at radius 3 is 2.40 bits per heavy atom. The van der Waals surface area contributed by atoms with E-state index in [0.717, 1.165) is 17.7 Å². The van der Waals surface area contributed by atoms with Gasteiger partial charge in [0.25, 0.3) is 0 Å². The van der Waals surface area contributed by atoms with Crippen LogP contribution in [0.1, 0.15) is 24.1 Å². The van der Waals surface area contributed by atoms with Gasteiger partial charge in [0.15, 0.2) is 11.6 Å². The summed E-state index contributed by atoms with van der Waals surface area (Å²) >= 11 is 0. The van der Waals surface area contributed by atoms with E-state index in [1.807, 2.05) is 30.3 Å². The van der Waals surface area contributed by atoms with Crippen molar-refractivity contribution in [2.75, 3.05) is 6.54 Å². The SMILES string of the molecule is C[C@@H](NC(=O)CNC(=O)NCc1ccccc1)c1ccc(F)c(F)c1. The number of halogens is 2. The maximum absolute atomic E-state index is 13.2. The van der Waals surface area contributed by atoms with Crippen molar-refractivity contribution in [2.24, 2.45) is 0 Å². The van der Waals surface area contributed by atoms with E-state index in [9.17, 15) is 18.4 Å². The van der Waals surface area contributed by atoms with Gasteiger partial charge in [-0.2, -0.15) is 0 Å². The zero-order valence-corrected chi connectivity index (χ0v) is 13.7. The van der Waals surface area contributed by atoms with Gasteiger partial charge in [-0.15, -0.1) is 0 Å². The lowest BCUT2D eigenvalue weighted by atomic mass is 10.1. The van der Waals surface area contributed by atoms with Gasteiger partial charge in [0.2, 0.25) is 5.91 Å². The molecule has 2 aromatic carbocycles. The van der Waals surface area contributed by atoms with Crippen LogP contribution in [0.15, 0.2) is 48.5 Å². The van der Waals surface area contributed by atoms with Gasteiger partial charge >= 0.3 is 6.03 Å². The van der Waals surface area contributed by atoms with Crippen LogP contribution >= 0.6 is 0 Å². The third-order valence-electron chi connectivity index (χ3n) is 3.53. The molecule has 2 rings (SSSR count). The maximum atomic E-state index is 13.2. The second-order valence-electron chi connectivity index (χ2n) is 5.48. The topological polar surface area (TPSA) is 70.2 Å². The highest BCUT2D eigenvalue weighted by Gasteiger charge is 2.12. The molecule has 132 valence electrons. The smallest absolute Gasteiger partial charge is 0.315 e. The summed E-state index contributed by atoms with van der Waals surface area (Å²) in [6.45, 7) is 1.76. The Hall–Kier alpha value is -2.96. The first-order valence-electron chi connectivity index (χ1n) is 7.75. The third-order valence-corrected chi connectivity index (χ3v) is 3.53. The number of benzene rings is 2. The molecule has 0 bridgehead atoms. The minimum absolute atomic E-state index is 0.228. The Kier molecular flexibility index (Phi) is 6.45. The highest BCUT2D eigenvalue weighted by atomic mass is 19.2. The molecule has 3 N–H and O–H groups in total. The fourth-order valence-corrected chi connectivity index (χ4v) is 2.16. The molecular weight excluding hydrogens is 328 g/mol. The number of nitrogens with one attached hydrogen (secondary N) is 3. The minimum atomic E-state index is -0.975. The first-order valence-corrected chi connectivity index (χ1v) is 7.75. The predicted octanol–water partition coefficient (Wildman–Crippen LogP) is 2.64. The Labute approximate surface area is 144 Å². The highest BCUT2D eigenvalue weighted by Crippen LogP contribution is 2.15. The van der Waals surface area contributed by atoms with E-state index in [-0.39, 0.29) is 6.54 Å². The van der Waals surface area contributed by atoms with Crippen LogP contribution in [-0.4, -0.2) is 18.5 Å². The summed E-state index contributed by atoms with van der Waals surface area (Å²) in [7, 11) is 0. The van der Waals surface area contributed by atoms with Gasteiger partial charge in [0.1, 0.15) is 0 Å². The van der Waals surface area contributed by atoms with Crippen LogP contribution in [0, 0.1) is 11.6 Å². The molecule has 0 aromatic heterocycles. The zero-order chi connectivity index (χ0) is 18.2. The van der Waals surface area contributed by atoms with Crippen LogP contribution in [0.3, 0.4) is 0 Å². The van der Waals surface area contributed by atoms with E-state index in [1.165, 1.54) is 6.07 Å². The van der Waals surface area contributed by atoms with Gasteiger partial charge < -0.3 is 16.0 Å². The fourth-order valence-electron chi connectivity index (χ4n) is 2.16. The molecule has 0 aliphatic heterocycles. The summed E-state index contributed by atoms with van der Waals surface area (Å²) in [4.78, 5) is 23.5. The standard InChI is InChI=1S/C18H19F2N3O2/c1-12(14-7-8-15(19)16(20)9-14)23-17(24)11-22-18(25)21-10-13-5-3-2-4-6-13/h2-9,12H,10-11H2,1H3,(H,23,24)(H2,21,22,25)/t12-/m1/s1. The average Bonchev–Trinajstić information content (AvgIpc) is 2.61. The van der Waals surface area contributed by atoms with Gasteiger partial charge in [-0.3, -0.25) is 4.79 Å². The molecule has 3 amide bonds. The van der Waals surface area contributed by atoms with Crippen molar-refractivity contribution in [3.63, 3.8) is 0 Å². The van der Waals surface area contributed by atoms with Gasteiger partial charge in [0.05, 0.1) is 12.6 Å². The minimum Gasteiger partial charge on any atom is -0.348 e. The summed E-state index contributed by atoms with van der Waals surface area (Å²) in [6, 6.07) is 11.8. The van der Waals surface area contributed by atoms with E-state index in [2.05, 4.69) is 16.0 Å². The second kappa shape index (κ2) is 8.77. The predicted molar refractivity (Wildman–Crippen MR) is 89.6 cm³/mol. The molecule has 0 saturated heterocycles. The Balaban J connectivity index is 1.74. The summed E-state index contributed by atoms with van der Waals surface area (Å²) < 4.78 is 26.1. The quantitative estimate of drug-likeness (QED) is 0.752. The molecule has 0 saturated carbocycles. The summed E-state index contributed by atoms with van der Waals surface area (Å²) in [5.74, 6) is -2.36.